The maximum Gasteiger partial charge on any atom is 0.320 e. The van der Waals surface area contributed by atoms with E-state index in [0.29, 0.717) is 19.4 Å². The second-order valence-corrected chi connectivity index (χ2v) is 7.99. The fraction of sp³-hybridized carbons (Fsp3) is 0.700. The summed E-state index contributed by atoms with van der Waals surface area (Å²) in [7, 11) is 0. The molecule has 0 amide bonds. The predicted octanol–water partition coefficient (Wildman–Crippen LogP) is 2.77. The summed E-state index contributed by atoms with van der Waals surface area (Å²) >= 11 is 0. The van der Waals surface area contributed by atoms with E-state index in [9.17, 15) is 9.90 Å². The molecule has 0 radical (unpaired) electrons. The van der Waals surface area contributed by atoms with Crippen molar-refractivity contribution in [3.63, 3.8) is 0 Å². The Kier molecular flexibility index (Phi) is 4.78. The Hall–Kier alpha value is -1.46. The number of nitrogens with zero attached hydrogens (tertiary/aromatic N) is 2. The molecule has 0 spiro atoms. The van der Waals surface area contributed by atoms with Gasteiger partial charge < -0.3 is 9.84 Å². The topological polar surface area (TPSA) is 62.7 Å². The van der Waals surface area contributed by atoms with E-state index >= 15 is 0 Å². The maximum atomic E-state index is 12.4. The number of ether oxygens (including phenoxy) is 1. The third kappa shape index (κ3) is 3.58. The lowest BCUT2D eigenvalue weighted by molar-refractivity contribution is -0.155. The molecule has 3 atom stereocenters. The van der Waals surface area contributed by atoms with Gasteiger partial charge in [0, 0.05) is 30.0 Å². The van der Waals surface area contributed by atoms with Crippen LogP contribution in [0.3, 0.4) is 0 Å². The van der Waals surface area contributed by atoms with E-state index in [1.165, 1.54) is 19.3 Å². The molecule has 3 heterocycles. The molecule has 0 aromatic carbocycles. The fourth-order valence-electron chi connectivity index (χ4n) is 5.00. The van der Waals surface area contributed by atoms with Crippen molar-refractivity contribution in [1.29, 1.82) is 0 Å². The van der Waals surface area contributed by atoms with Crippen LogP contribution in [0, 0.1) is 0 Å². The molecular weight excluding hydrogens is 316 g/mol. The zero-order valence-electron chi connectivity index (χ0n) is 14.8. The average molecular weight is 344 g/mol. The first-order valence-corrected chi connectivity index (χ1v) is 9.72. The van der Waals surface area contributed by atoms with Crippen LogP contribution in [-0.4, -0.2) is 45.7 Å². The van der Waals surface area contributed by atoms with Gasteiger partial charge in [0.15, 0.2) is 0 Å². The fourth-order valence-corrected chi connectivity index (χ4v) is 5.00. The number of fused-ring (bicyclic) bond motifs is 2. The molecule has 2 aliphatic heterocycles. The molecular formula is C20H28N2O3. The number of hydrogen-bond acceptors (Lipinski definition) is 5. The van der Waals surface area contributed by atoms with Gasteiger partial charge in [0.1, 0.15) is 6.10 Å². The summed E-state index contributed by atoms with van der Waals surface area (Å²) in [6, 6.07) is 4.34. The number of hydrogen-bond donors (Lipinski definition) is 1. The second-order valence-electron chi connectivity index (χ2n) is 7.99. The number of rotatable bonds is 4. The highest BCUT2D eigenvalue weighted by molar-refractivity contribution is 5.72. The lowest BCUT2D eigenvalue weighted by Crippen LogP contribution is -2.51. The summed E-state index contributed by atoms with van der Waals surface area (Å²) < 4.78 is 5.70. The summed E-state index contributed by atoms with van der Waals surface area (Å²) in [4.78, 5) is 18.8. The van der Waals surface area contributed by atoms with E-state index in [1.54, 1.807) is 12.4 Å². The normalized spacial score (nSPS) is 33.3. The molecule has 3 aliphatic rings. The molecule has 1 aromatic heterocycles. The van der Waals surface area contributed by atoms with Gasteiger partial charge in [0.25, 0.3) is 0 Å². The van der Waals surface area contributed by atoms with Crippen LogP contribution in [0.1, 0.15) is 63.4 Å². The molecule has 4 rings (SSSR count). The third-order valence-electron chi connectivity index (χ3n) is 6.28. The van der Waals surface area contributed by atoms with Gasteiger partial charge in [-0.1, -0.05) is 12.5 Å². The highest BCUT2D eigenvalue weighted by Crippen LogP contribution is 2.45. The third-order valence-corrected chi connectivity index (χ3v) is 6.28. The number of piperidine rings is 1. The Bertz CT molecular complexity index is 586. The molecule has 2 bridgehead atoms. The van der Waals surface area contributed by atoms with Crippen molar-refractivity contribution in [2.45, 2.75) is 81.6 Å². The van der Waals surface area contributed by atoms with Crippen molar-refractivity contribution in [1.82, 2.24) is 9.88 Å². The monoisotopic (exact) mass is 344 g/mol. The number of esters is 1. The van der Waals surface area contributed by atoms with Crippen LogP contribution in [0.2, 0.25) is 0 Å². The van der Waals surface area contributed by atoms with Crippen molar-refractivity contribution in [3.8, 4) is 0 Å². The van der Waals surface area contributed by atoms with Gasteiger partial charge in [-0.15, -0.1) is 0 Å². The Morgan fingerprint density at radius 3 is 2.56 bits per heavy atom. The average Bonchev–Trinajstić information content (AvgIpc) is 2.87. The van der Waals surface area contributed by atoms with Gasteiger partial charge in [0.05, 0.1) is 12.1 Å². The van der Waals surface area contributed by atoms with Gasteiger partial charge >= 0.3 is 5.97 Å². The number of aromatic nitrogens is 1. The smallest absolute Gasteiger partial charge is 0.320 e. The quantitative estimate of drug-likeness (QED) is 0.851. The number of pyridine rings is 1. The Morgan fingerprint density at radius 1 is 1.20 bits per heavy atom. The van der Waals surface area contributed by atoms with Crippen LogP contribution in [0.5, 0.6) is 0 Å². The molecule has 5 heteroatoms. The number of carbonyl (C=O) groups is 1. The Morgan fingerprint density at radius 2 is 1.92 bits per heavy atom. The van der Waals surface area contributed by atoms with E-state index in [4.69, 9.17) is 4.74 Å². The van der Waals surface area contributed by atoms with Gasteiger partial charge in [-0.05, 0) is 57.4 Å². The minimum atomic E-state index is -0.816. The van der Waals surface area contributed by atoms with E-state index in [1.807, 2.05) is 12.1 Å². The molecule has 25 heavy (non-hydrogen) atoms. The largest absolute Gasteiger partial charge is 0.461 e. The molecule has 1 saturated carbocycles. The number of aliphatic hydroxyl groups is 1. The zero-order valence-corrected chi connectivity index (χ0v) is 14.8. The van der Waals surface area contributed by atoms with Crippen LogP contribution >= 0.6 is 0 Å². The summed E-state index contributed by atoms with van der Waals surface area (Å²) in [6.45, 7) is 0.370. The summed E-state index contributed by atoms with van der Waals surface area (Å²) in [5.74, 6) is -0.0874. The van der Waals surface area contributed by atoms with Crippen molar-refractivity contribution in [3.05, 3.63) is 30.1 Å². The molecule has 1 N–H and O–H groups in total. The van der Waals surface area contributed by atoms with Gasteiger partial charge in [-0.25, -0.2) is 0 Å². The zero-order chi connectivity index (χ0) is 17.3. The van der Waals surface area contributed by atoms with E-state index in [2.05, 4.69) is 9.88 Å². The minimum absolute atomic E-state index is 0.0874. The molecule has 1 aliphatic carbocycles. The summed E-state index contributed by atoms with van der Waals surface area (Å²) in [6.07, 6.45) is 12.7. The van der Waals surface area contributed by atoms with Crippen LogP contribution in [-0.2, 0) is 15.1 Å². The van der Waals surface area contributed by atoms with E-state index in [0.717, 1.165) is 31.2 Å². The first kappa shape index (κ1) is 17.0. The lowest BCUT2D eigenvalue weighted by Gasteiger charge is -2.43. The van der Waals surface area contributed by atoms with E-state index < -0.39 is 5.60 Å². The Balaban J connectivity index is 1.38. The van der Waals surface area contributed by atoms with Gasteiger partial charge in [-0.3, -0.25) is 14.7 Å². The van der Waals surface area contributed by atoms with Gasteiger partial charge in [0.2, 0.25) is 0 Å². The van der Waals surface area contributed by atoms with Crippen LogP contribution in [0.4, 0.5) is 0 Å². The standard InChI is InChI=1S/C20H28N2O3/c23-19(25-18-6-2-1-3-7-18)14-22-16-8-9-17(22)12-20(24,11-16)15-5-4-10-21-13-15/h4-5,10,13,16-18,24H,1-3,6-9,11-12,14H2/t16-,17+,20?. The second kappa shape index (κ2) is 7.04. The summed E-state index contributed by atoms with van der Waals surface area (Å²) in [5.41, 5.74) is 0.0838. The molecule has 136 valence electrons. The first-order valence-electron chi connectivity index (χ1n) is 9.72. The van der Waals surface area contributed by atoms with Crippen molar-refractivity contribution in [2.24, 2.45) is 0 Å². The predicted molar refractivity (Wildman–Crippen MR) is 93.8 cm³/mol. The molecule has 1 unspecified atom stereocenters. The van der Waals surface area contributed by atoms with Crippen LogP contribution in [0.15, 0.2) is 24.5 Å². The molecule has 1 aromatic rings. The minimum Gasteiger partial charge on any atom is -0.461 e. The van der Waals surface area contributed by atoms with E-state index in [-0.39, 0.29) is 24.2 Å². The highest BCUT2D eigenvalue weighted by Gasteiger charge is 2.48. The first-order chi connectivity index (χ1) is 12.1. The van der Waals surface area contributed by atoms with Crippen molar-refractivity contribution < 1.29 is 14.6 Å². The highest BCUT2D eigenvalue weighted by atomic mass is 16.5. The molecule has 5 nitrogen and oxygen atoms in total. The lowest BCUT2D eigenvalue weighted by atomic mass is 9.81. The van der Waals surface area contributed by atoms with Crippen molar-refractivity contribution >= 4 is 5.97 Å². The number of carbonyl (C=O) groups excluding carboxylic acids is 1. The summed E-state index contributed by atoms with van der Waals surface area (Å²) in [5, 5.41) is 11.2. The van der Waals surface area contributed by atoms with Crippen LogP contribution < -0.4 is 0 Å². The Labute approximate surface area is 149 Å². The van der Waals surface area contributed by atoms with Crippen LogP contribution in [0.25, 0.3) is 0 Å². The SMILES string of the molecule is O=C(CN1[C@@H]2CC[C@H]1CC(O)(c1cccnc1)C2)OC1CCCCC1. The van der Waals surface area contributed by atoms with Crippen molar-refractivity contribution in [2.75, 3.05) is 6.54 Å². The molecule has 3 fully saturated rings. The van der Waals surface area contributed by atoms with Gasteiger partial charge in [-0.2, -0.15) is 0 Å². The maximum absolute atomic E-state index is 12.4. The molecule has 2 saturated heterocycles.